The highest BCUT2D eigenvalue weighted by atomic mass is 19.4. The second-order valence-electron chi connectivity index (χ2n) is 7.37. The van der Waals surface area contributed by atoms with E-state index >= 15 is 0 Å². The molecule has 0 radical (unpaired) electrons. The van der Waals surface area contributed by atoms with E-state index in [0.717, 1.165) is 44.0 Å². The number of nitrogens with zero attached hydrogens (tertiary/aromatic N) is 4. The average Bonchev–Trinajstić information content (AvgIpc) is 3.39. The van der Waals surface area contributed by atoms with Crippen LogP contribution < -0.4 is 4.90 Å². The number of halogens is 3. The lowest BCUT2D eigenvalue weighted by atomic mass is 9.86. The highest BCUT2D eigenvalue weighted by molar-refractivity contribution is 5.96. The Hall–Kier alpha value is -2.82. The largest absolute Gasteiger partial charge is 0.490 e. The number of carboxylic acid groups (broad SMARTS) is 1. The minimum Gasteiger partial charge on any atom is -0.475 e. The number of hydrogen-bond acceptors (Lipinski definition) is 5. The molecule has 29 heavy (non-hydrogen) atoms. The van der Waals surface area contributed by atoms with E-state index < -0.39 is 12.1 Å². The van der Waals surface area contributed by atoms with E-state index in [2.05, 4.69) is 10.00 Å². The molecule has 1 spiro atoms. The standard InChI is InChI=1S/C16H20N4O2.C2HF3O2/c1-18-9-13(8-17-18)20-12-16(7-15(20)21)4-5-19(11-16)10-14-3-2-6-22-14;3-2(4,5)1(6)7/h2-3,6,8-9H,4-5,7,10-12H2,1H3;(H,6,7). The van der Waals surface area contributed by atoms with Crippen LogP contribution in [0.15, 0.2) is 35.2 Å². The molecule has 1 N–H and O–H groups in total. The number of carbonyl (C=O) groups excluding carboxylic acids is 1. The number of furan rings is 1. The zero-order valence-corrected chi connectivity index (χ0v) is 15.7. The first kappa shape index (κ1) is 20.9. The number of carbonyl (C=O) groups is 2. The quantitative estimate of drug-likeness (QED) is 0.829. The lowest BCUT2D eigenvalue weighted by Crippen LogP contribution is -2.31. The van der Waals surface area contributed by atoms with Crippen molar-refractivity contribution < 1.29 is 32.3 Å². The van der Waals surface area contributed by atoms with Gasteiger partial charge < -0.3 is 14.4 Å². The molecule has 4 heterocycles. The Morgan fingerprint density at radius 3 is 2.66 bits per heavy atom. The Balaban J connectivity index is 0.000000298. The number of alkyl halides is 3. The number of hydrogen-bond donors (Lipinski definition) is 1. The molecule has 158 valence electrons. The summed E-state index contributed by atoms with van der Waals surface area (Å²) in [6.45, 7) is 3.60. The van der Waals surface area contributed by atoms with Crippen molar-refractivity contribution in [1.29, 1.82) is 0 Å². The van der Waals surface area contributed by atoms with Crippen LogP contribution in [0.5, 0.6) is 0 Å². The Morgan fingerprint density at radius 2 is 2.10 bits per heavy atom. The van der Waals surface area contributed by atoms with Crippen LogP contribution in [0, 0.1) is 5.41 Å². The predicted molar refractivity (Wildman–Crippen MR) is 94.9 cm³/mol. The maximum Gasteiger partial charge on any atom is 0.490 e. The predicted octanol–water partition coefficient (Wildman–Crippen LogP) is 2.28. The highest BCUT2D eigenvalue weighted by Gasteiger charge is 2.48. The van der Waals surface area contributed by atoms with Gasteiger partial charge in [0.2, 0.25) is 5.91 Å². The molecular formula is C18H21F3N4O4. The summed E-state index contributed by atoms with van der Waals surface area (Å²) in [6.07, 6.45) is 2.01. The molecular weight excluding hydrogens is 393 g/mol. The molecule has 0 aromatic carbocycles. The van der Waals surface area contributed by atoms with Gasteiger partial charge in [-0.1, -0.05) is 0 Å². The van der Waals surface area contributed by atoms with Gasteiger partial charge in [-0.15, -0.1) is 0 Å². The third-order valence-corrected chi connectivity index (χ3v) is 5.04. The maximum atomic E-state index is 12.4. The molecule has 2 aliphatic heterocycles. The summed E-state index contributed by atoms with van der Waals surface area (Å²) in [6, 6.07) is 3.93. The van der Waals surface area contributed by atoms with Crippen LogP contribution in [-0.4, -0.2) is 57.5 Å². The van der Waals surface area contributed by atoms with Gasteiger partial charge in [-0.25, -0.2) is 4.79 Å². The number of aromatic nitrogens is 2. The maximum absolute atomic E-state index is 12.4. The van der Waals surface area contributed by atoms with Gasteiger partial charge >= 0.3 is 12.1 Å². The fourth-order valence-corrected chi connectivity index (χ4v) is 3.74. The van der Waals surface area contributed by atoms with Crippen molar-refractivity contribution in [2.45, 2.75) is 25.6 Å². The summed E-state index contributed by atoms with van der Waals surface area (Å²) >= 11 is 0. The topological polar surface area (TPSA) is 91.8 Å². The summed E-state index contributed by atoms with van der Waals surface area (Å²) in [5.41, 5.74) is 0.994. The molecule has 8 nitrogen and oxygen atoms in total. The van der Waals surface area contributed by atoms with Crippen molar-refractivity contribution in [2.24, 2.45) is 12.5 Å². The molecule has 4 rings (SSSR count). The normalized spacial score (nSPS) is 22.2. The van der Waals surface area contributed by atoms with E-state index in [1.807, 2.05) is 30.3 Å². The van der Waals surface area contributed by atoms with Gasteiger partial charge in [0.15, 0.2) is 0 Å². The second kappa shape index (κ2) is 7.90. The van der Waals surface area contributed by atoms with Crippen LogP contribution in [0.1, 0.15) is 18.6 Å². The van der Waals surface area contributed by atoms with Gasteiger partial charge in [-0.2, -0.15) is 18.3 Å². The fourth-order valence-electron chi connectivity index (χ4n) is 3.74. The molecule has 11 heteroatoms. The lowest BCUT2D eigenvalue weighted by Gasteiger charge is -2.23. The zero-order valence-electron chi connectivity index (χ0n) is 15.7. The number of carboxylic acids is 1. The molecule has 1 atom stereocenters. The number of anilines is 1. The number of aryl methyl sites for hydroxylation is 1. The first-order chi connectivity index (χ1) is 13.6. The molecule has 0 bridgehead atoms. The third kappa shape index (κ3) is 4.97. The first-order valence-electron chi connectivity index (χ1n) is 8.92. The van der Waals surface area contributed by atoms with Crippen molar-refractivity contribution in [1.82, 2.24) is 14.7 Å². The van der Waals surface area contributed by atoms with E-state index in [9.17, 15) is 18.0 Å². The van der Waals surface area contributed by atoms with Gasteiger partial charge in [-0.3, -0.25) is 14.4 Å². The molecule has 0 saturated carbocycles. The van der Waals surface area contributed by atoms with Gasteiger partial charge in [0.05, 0.1) is 24.7 Å². The van der Waals surface area contributed by atoms with E-state index in [0.29, 0.717) is 6.42 Å². The minimum atomic E-state index is -5.08. The number of aliphatic carboxylic acids is 1. The molecule has 2 aromatic rings. The van der Waals surface area contributed by atoms with Crippen molar-refractivity contribution in [3.63, 3.8) is 0 Å². The number of amides is 1. The third-order valence-electron chi connectivity index (χ3n) is 5.04. The van der Waals surface area contributed by atoms with Gasteiger partial charge in [-0.05, 0) is 25.1 Å². The fraction of sp³-hybridized carbons (Fsp3) is 0.500. The first-order valence-corrected chi connectivity index (χ1v) is 8.92. The lowest BCUT2D eigenvalue weighted by molar-refractivity contribution is -0.192. The van der Waals surface area contributed by atoms with E-state index in [4.69, 9.17) is 14.3 Å². The van der Waals surface area contributed by atoms with E-state index in [1.54, 1.807) is 17.1 Å². The van der Waals surface area contributed by atoms with Crippen LogP contribution in [0.3, 0.4) is 0 Å². The number of likely N-dealkylation sites (tertiary alicyclic amines) is 1. The Bertz CT molecular complexity index is 865. The Morgan fingerprint density at radius 1 is 1.38 bits per heavy atom. The minimum absolute atomic E-state index is 0.0829. The second-order valence-corrected chi connectivity index (χ2v) is 7.37. The van der Waals surface area contributed by atoms with E-state index in [-0.39, 0.29) is 11.3 Å². The number of rotatable bonds is 3. The van der Waals surface area contributed by atoms with Crippen LogP contribution >= 0.6 is 0 Å². The Labute approximate surface area is 164 Å². The van der Waals surface area contributed by atoms with Crippen LogP contribution in [0.25, 0.3) is 0 Å². The summed E-state index contributed by atoms with van der Waals surface area (Å²) in [7, 11) is 1.88. The van der Waals surface area contributed by atoms with E-state index in [1.165, 1.54) is 0 Å². The van der Waals surface area contributed by atoms with Crippen molar-refractivity contribution >= 4 is 17.6 Å². The van der Waals surface area contributed by atoms with Gasteiger partial charge in [0, 0.05) is 38.2 Å². The van der Waals surface area contributed by atoms with Crippen LogP contribution in [0.4, 0.5) is 18.9 Å². The van der Waals surface area contributed by atoms with Gasteiger partial charge in [0.1, 0.15) is 5.76 Å². The van der Waals surface area contributed by atoms with Crippen molar-refractivity contribution in [2.75, 3.05) is 24.5 Å². The summed E-state index contributed by atoms with van der Waals surface area (Å²) in [5.74, 6) is -1.55. The molecule has 0 aliphatic carbocycles. The Kier molecular flexibility index (Phi) is 5.69. The van der Waals surface area contributed by atoms with Crippen molar-refractivity contribution in [3.05, 3.63) is 36.5 Å². The molecule has 2 saturated heterocycles. The van der Waals surface area contributed by atoms with Crippen LogP contribution in [-0.2, 0) is 23.2 Å². The van der Waals surface area contributed by atoms with Gasteiger partial charge in [0.25, 0.3) is 0 Å². The van der Waals surface area contributed by atoms with Crippen molar-refractivity contribution in [3.8, 4) is 0 Å². The molecule has 1 unspecified atom stereocenters. The summed E-state index contributed by atoms with van der Waals surface area (Å²) in [5, 5.41) is 11.3. The zero-order chi connectivity index (χ0) is 21.2. The molecule has 1 amide bonds. The highest BCUT2D eigenvalue weighted by Crippen LogP contribution is 2.42. The SMILES string of the molecule is Cn1cc(N2CC3(CCN(Cc4ccco4)C3)CC2=O)cn1.O=C(O)C(F)(F)F. The summed E-state index contributed by atoms with van der Waals surface area (Å²) < 4.78 is 38.9. The molecule has 2 fully saturated rings. The summed E-state index contributed by atoms with van der Waals surface area (Å²) in [4.78, 5) is 25.6. The molecule has 2 aromatic heterocycles. The average molecular weight is 414 g/mol. The van der Waals surface area contributed by atoms with Crippen LogP contribution in [0.2, 0.25) is 0 Å². The monoisotopic (exact) mass is 414 g/mol. The molecule has 2 aliphatic rings. The smallest absolute Gasteiger partial charge is 0.475 e.